The second-order valence-electron chi connectivity index (χ2n) is 6.46. The molecule has 0 saturated carbocycles. The molecule has 1 aliphatic rings. The van der Waals surface area contributed by atoms with Gasteiger partial charge >= 0.3 is 0 Å². The van der Waals surface area contributed by atoms with E-state index in [0.717, 1.165) is 23.2 Å². The van der Waals surface area contributed by atoms with Gasteiger partial charge in [0.2, 0.25) is 0 Å². The smallest absolute Gasteiger partial charge is 0.266 e. The Morgan fingerprint density at radius 1 is 1.03 bits per heavy atom. The molecule has 2 heterocycles. The molecule has 4 rings (SSSR count). The molecule has 144 valence electrons. The van der Waals surface area contributed by atoms with E-state index in [4.69, 9.17) is 16.6 Å². The van der Waals surface area contributed by atoms with Gasteiger partial charge in [-0.05, 0) is 65.7 Å². The largest absolute Gasteiger partial charge is 0.286 e. The number of para-hydroxylation sites is 1. The van der Waals surface area contributed by atoms with Crippen molar-refractivity contribution in [3.05, 3.63) is 100 Å². The number of carbonyl (C=O) groups excluding carboxylic acids is 1. The van der Waals surface area contributed by atoms with Crippen molar-refractivity contribution < 1.29 is 4.79 Å². The number of amidine groups is 1. The van der Waals surface area contributed by atoms with E-state index in [2.05, 4.69) is 4.98 Å². The van der Waals surface area contributed by atoms with E-state index in [1.807, 2.05) is 72.8 Å². The highest BCUT2D eigenvalue weighted by Crippen LogP contribution is 2.34. The molecule has 1 aliphatic heterocycles. The van der Waals surface area contributed by atoms with Crippen molar-refractivity contribution >= 4 is 46.2 Å². The van der Waals surface area contributed by atoms with E-state index in [-0.39, 0.29) is 5.91 Å². The Morgan fingerprint density at radius 2 is 1.83 bits per heavy atom. The maximum Gasteiger partial charge on any atom is 0.266 e. The van der Waals surface area contributed by atoms with Crippen molar-refractivity contribution in [3.63, 3.8) is 0 Å². The maximum absolute atomic E-state index is 13.1. The SMILES string of the molecule is O=C1/C(=C/c2cccnc2)SC(=Nc2ccccc2)N1CCc1ccc(Cl)cc1. The quantitative estimate of drug-likeness (QED) is 0.507. The van der Waals surface area contributed by atoms with Gasteiger partial charge in [0.25, 0.3) is 5.91 Å². The number of amides is 1. The number of halogens is 1. The Morgan fingerprint density at radius 3 is 2.55 bits per heavy atom. The van der Waals surface area contributed by atoms with Gasteiger partial charge < -0.3 is 0 Å². The van der Waals surface area contributed by atoms with Crippen molar-refractivity contribution in [2.24, 2.45) is 4.99 Å². The van der Waals surface area contributed by atoms with Gasteiger partial charge in [-0.15, -0.1) is 0 Å². The third-order valence-corrected chi connectivity index (χ3v) is 5.65. The van der Waals surface area contributed by atoms with Gasteiger partial charge in [0, 0.05) is 24.0 Å². The fourth-order valence-corrected chi connectivity index (χ4v) is 4.06. The lowest BCUT2D eigenvalue weighted by Gasteiger charge is -2.15. The molecule has 0 atom stereocenters. The normalized spacial score (nSPS) is 16.7. The van der Waals surface area contributed by atoms with Gasteiger partial charge in [0.1, 0.15) is 0 Å². The predicted molar refractivity (Wildman–Crippen MR) is 120 cm³/mol. The van der Waals surface area contributed by atoms with Crippen LogP contribution >= 0.6 is 23.4 Å². The first-order valence-corrected chi connectivity index (χ1v) is 10.4. The second kappa shape index (κ2) is 9.07. The third kappa shape index (κ3) is 4.94. The van der Waals surface area contributed by atoms with Gasteiger partial charge in [-0.1, -0.05) is 48.0 Å². The summed E-state index contributed by atoms with van der Waals surface area (Å²) in [5.41, 5.74) is 2.83. The number of pyridine rings is 1. The number of aromatic nitrogens is 1. The molecule has 6 heteroatoms. The van der Waals surface area contributed by atoms with Crippen LogP contribution in [0.1, 0.15) is 11.1 Å². The average Bonchev–Trinajstić information content (AvgIpc) is 3.03. The molecule has 1 fully saturated rings. The zero-order valence-electron chi connectivity index (χ0n) is 15.5. The maximum atomic E-state index is 13.1. The van der Waals surface area contributed by atoms with E-state index >= 15 is 0 Å². The summed E-state index contributed by atoms with van der Waals surface area (Å²) in [6.07, 6.45) is 6.04. The Labute approximate surface area is 179 Å². The van der Waals surface area contributed by atoms with Crippen molar-refractivity contribution in [2.75, 3.05) is 6.54 Å². The average molecular weight is 420 g/mol. The zero-order chi connectivity index (χ0) is 20.1. The summed E-state index contributed by atoms with van der Waals surface area (Å²) in [7, 11) is 0. The molecule has 0 N–H and O–H groups in total. The van der Waals surface area contributed by atoms with Gasteiger partial charge in [0.15, 0.2) is 5.17 Å². The van der Waals surface area contributed by atoms with Crippen LogP contribution in [0, 0.1) is 0 Å². The molecule has 0 bridgehead atoms. The van der Waals surface area contributed by atoms with Crippen LogP contribution in [0.4, 0.5) is 5.69 Å². The number of thioether (sulfide) groups is 1. The van der Waals surface area contributed by atoms with Crippen LogP contribution in [0.2, 0.25) is 5.02 Å². The lowest BCUT2D eigenvalue weighted by atomic mass is 10.1. The fraction of sp³-hybridized carbons (Fsp3) is 0.0870. The summed E-state index contributed by atoms with van der Waals surface area (Å²) in [5, 5.41) is 1.39. The van der Waals surface area contributed by atoms with Crippen LogP contribution in [0.15, 0.2) is 89.0 Å². The number of nitrogens with zero attached hydrogens (tertiary/aromatic N) is 3. The lowest BCUT2D eigenvalue weighted by Crippen LogP contribution is -2.31. The molecule has 2 aromatic carbocycles. The Balaban J connectivity index is 1.61. The van der Waals surface area contributed by atoms with Crippen LogP contribution in [0.5, 0.6) is 0 Å². The molecule has 4 nitrogen and oxygen atoms in total. The molecule has 0 aliphatic carbocycles. The molecule has 29 heavy (non-hydrogen) atoms. The molecule has 1 amide bonds. The Bertz CT molecular complexity index is 1050. The molecular formula is C23H18ClN3OS. The van der Waals surface area contributed by atoms with E-state index in [1.54, 1.807) is 17.3 Å². The highest BCUT2D eigenvalue weighted by molar-refractivity contribution is 8.18. The minimum absolute atomic E-state index is 0.0394. The van der Waals surface area contributed by atoms with Crippen LogP contribution in [0.3, 0.4) is 0 Å². The lowest BCUT2D eigenvalue weighted by molar-refractivity contribution is -0.122. The Hall–Kier alpha value is -2.89. The molecular weight excluding hydrogens is 402 g/mol. The summed E-state index contributed by atoms with van der Waals surface area (Å²) in [6.45, 7) is 0.545. The second-order valence-corrected chi connectivity index (χ2v) is 7.91. The van der Waals surface area contributed by atoms with Crippen LogP contribution < -0.4 is 0 Å². The van der Waals surface area contributed by atoms with Crippen molar-refractivity contribution in [1.29, 1.82) is 0 Å². The summed E-state index contributed by atoms with van der Waals surface area (Å²) in [6, 6.07) is 21.2. The third-order valence-electron chi connectivity index (χ3n) is 4.39. The zero-order valence-corrected chi connectivity index (χ0v) is 17.1. The van der Waals surface area contributed by atoms with E-state index in [1.165, 1.54) is 11.8 Å². The first-order chi connectivity index (χ1) is 14.2. The van der Waals surface area contributed by atoms with Crippen molar-refractivity contribution in [3.8, 4) is 0 Å². The van der Waals surface area contributed by atoms with Gasteiger partial charge in [-0.3, -0.25) is 14.7 Å². The monoisotopic (exact) mass is 419 g/mol. The fourth-order valence-electron chi connectivity index (χ4n) is 2.91. The first kappa shape index (κ1) is 19.4. The van der Waals surface area contributed by atoms with Crippen LogP contribution in [-0.4, -0.2) is 27.5 Å². The van der Waals surface area contributed by atoms with E-state index in [9.17, 15) is 4.79 Å². The van der Waals surface area contributed by atoms with E-state index in [0.29, 0.717) is 21.6 Å². The minimum Gasteiger partial charge on any atom is -0.286 e. The number of aliphatic imine (C=N–C) groups is 1. The highest BCUT2D eigenvalue weighted by atomic mass is 35.5. The molecule has 1 saturated heterocycles. The molecule has 0 unspecified atom stereocenters. The van der Waals surface area contributed by atoms with Crippen molar-refractivity contribution in [1.82, 2.24) is 9.88 Å². The number of hydrogen-bond acceptors (Lipinski definition) is 4. The van der Waals surface area contributed by atoms with Crippen LogP contribution in [-0.2, 0) is 11.2 Å². The molecule has 0 spiro atoms. The topological polar surface area (TPSA) is 45.6 Å². The minimum atomic E-state index is -0.0394. The summed E-state index contributed by atoms with van der Waals surface area (Å²) >= 11 is 7.36. The standard InChI is InChI=1S/C23H18ClN3OS/c24-19-10-8-17(9-11-19)12-14-27-22(28)21(15-18-5-4-13-25-16-18)29-23(27)26-20-6-2-1-3-7-20/h1-11,13,15-16H,12,14H2/b21-15-,26-23?. The number of benzene rings is 2. The predicted octanol–water partition coefficient (Wildman–Crippen LogP) is 5.58. The van der Waals surface area contributed by atoms with Crippen molar-refractivity contribution in [2.45, 2.75) is 6.42 Å². The first-order valence-electron chi connectivity index (χ1n) is 9.19. The number of rotatable bonds is 5. The molecule has 3 aromatic rings. The van der Waals surface area contributed by atoms with E-state index < -0.39 is 0 Å². The molecule has 1 aromatic heterocycles. The summed E-state index contributed by atoms with van der Waals surface area (Å²) in [5.74, 6) is -0.0394. The summed E-state index contributed by atoms with van der Waals surface area (Å²) < 4.78 is 0. The van der Waals surface area contributed by atoms with Crippen LogP contribution in [0.25, 0.3) is 6.08 Å². The summed E-state index contributed by atoms with van der Waals surface area (Å²) in [4.78, 5) is 24.3. The van der Waals surface area contributed by atoms with Gasteiger partial charge in [0.05, 0.1) is 10.6 Å². The number of carbonyl (C=O) groups is 1. The molecule has 0 radical (unpaired) electrons. The van der Waals surface area contributed by atoms with Gasteiger partial charge in [-0.2, -0.15) is 0 Å². The highest BCUT2D eigenvalue weighted by Gasteiger charge is 2.33. The Kier molecular flexibility index (Phi) is 6.08. The van der Waals surface area contributed by atoms with Gasteiger partial charge in [-0.25, -0.2) is 4.99 Å². The number of hydrogen-bond donors (Lipinski definition) is 0.